The SMILES string of the molecule is CC[NH+](CC(=O)Nc1ccc2c(c1)OCCO2)CC(=O)Nc1cc(C(F)(F)F)ccc1Cl. The number of nitrogens with one attached hydrogen (secondary N) is 3. The van der Waals surface area contributed by atoms with E-state index in [1.54, 1.807) is 25.1 Å². The van der Waals surface area contributed by atoms with E-state index in [4.69, 9.17) is 21.1 Å². The van der Waals surface area contributed by atoms with Crippen molar-refractivity contribution in [3.63, 3.8) is 0 Å². The molecule has 1 aliphatic rings. The molecule has 0 radical (unpaired) electrons. The van der Waals surface area contributed by atoms with Crippen LogP contribution in [0.3, 0.4) is 0 Å². The molecule has 0 spiro atoms. The second-order valence-corrected chi connectivity index (χ2v) is 7.51. The van der Waals surface area contributed by atoms with E-state index in [9.17, 15) is 22.8 Å². The van der Waals surface area contributed by atoms with E-state index in [2.05, 4.69) is 10.6 Å². The van der Waals surface area contributed by atoms with Crippen molar-refractivity contribution in [3.05, 3.63) is 47.0 Å². The number of amides is 2. The molecule has 1 aliphatic heterocycles. The number of ether oxygens (including phenoxy) is 2. The summed E-state index contributed by atoms with van der Waals surface area (Å²) in [6.45, 7) is 2.96. The summed E-state index contributed by atoms with van der Waals surface area (Å²) in [7, 11) is 0. The van der Waals surface area contributed by atoms with Gasteiger partial charge in [0.05, 0.1) is 22.8 Å². The van der Waals surface area contributed by atoms with Gasteiger partial charge in [0, 0.05) is 11.8 Å². The van der Waals surface area contributed by atoms with Gasteiger partial charge in [-0.15, -0.1) is 0 Å². The van der Waals surface area contributed by atoms with Gasteiger partial charge in [-0.2, -0.15) is 13.2 Å². The topological polar surface area (TPSA) is 81.1 Å². The highest BCUT2D eigenvalue weighted by molar-refractivity contribution is 6.33. The molecular weight excluding hydrogens is 451 g/mol. The summed E-state index contributed by atoms with van der Waals surface area (Å²) in [4.78, 5) is 25.4. The average molecular weight is 473 g/mol. The lowest BCUT2D eigenvalue weighted by Gasteiger charge is -2.20. The highest BCUT2D eigenvalue weighted by Crippen LogP contribution is 2.34. The Hall–Kier alpha value is -2.98. The van der Waals surface area contributed by atoms with Crippen LogP contribution in [0.25, 0.3) is 0 Å². The van der Waals surface area contributed by atoms with E-state index in [0.717, 1.165) is 18.2 Å². The van der Waals surface area contributed by atoms with Gasteiger partial charge in [0.1, 0.15) is 13.2 Å². The average Bonchev–Trinajstić information content (AvgIpc) is 2.73. The van der Waals surface area contributed by atoms with Gasteiger partial charge >= 0.3 is 6.18 Å². The Balaban J connectivity index is 1.57. The zero-order chi connectivity index (χ0) is 23.3. The van der Waals surface area contributed by atoms with Gasteiger partial charge in [-0.25, -0.2) is 0 Å². The fourth-order valence-electron chi connectivity index (χ4n) is 3.08. The molecule has 0 bridgehead atoms. The van der Waals surface area contributed by atoms with Crippen molar-refractivity contribution in [1.82, 2.24) is 0 Å². The minimum absolute atomic E-state index is 0.0132. The van der Waals surface area contributed by atoms with Crippen molar-refractivity contribution in [1.29, 1.82) is 0 Å². The third-order valence-corrected chi connectivity index (χ3v) is 5.04. The molecule has 32 heavy (non-hydrogen) atoms. The molecule has 0 aromatic heterocycles. The van der Waals surface area contributed by atoms with Crippen molar-refractivity contribution < 1.29 is 37.1 Å². The fourth-order valence-corrected chi connectivity index (χ4v) is 3.25. The summed E-state index contributed by atoms with van der Waals surface area (Å²) in [6.07, 6.45) is -4.56. The van der Waals surface area contributed by atoms with Crippen molar-refractivity contribution in [2.24, 2.45) is 0 Å². The van der Waals surface area contributed by atoms with E-state index < -0.39 is 17.6 Å². The van der Waals surface area contributed by atoms with Crippen LogP contribution in [0.2, 0.25) is 5.02 Å². The van der Waals surface area contributed by atoms with Gasteiger partial charge in [0.2, 0.25) is 0 Å². The maximum atomic E-state index is 12.9. The number of alkyl halides is 3. The largest absolute Gasteiger partial charge is 0.486 e. The van der Waals surface area contributed by atoms with E-state index >= 15 is 0 Å². The fraction of sp³-hybridized carbons (Fsp3) is 0.333. The zero-order valence-corrected chi connectivity index (χ0v) is 17.9. The first-order chi connectivity index (χ1) is 15.2. The third-order valence-electron chi connectivity index (χ3n) is 4.71. The Morgan fingerprint density at radius 1 is 1.00 bits per heavy atom. The van der Waals surface area contributed by atoms with E-state index in [1.165, 1.54) is 0 Å². The smallest absolute Gasteiger partial charge is 0.416 e. The molecule has 1 heterocycles. The van der Waals surface area contributed by atoms with E-state index in [0.29, 0.717) is 41.8 Å². The van der Waals surface area contributed by atoms with Crippen LogP contribution in [0.15, 0.2) is 36.4 Å². The lowest BCUT2D eigenvalue weighted by Crippen LogP contribution is -3.13. The van der Waals surface area contributed by atoms with Gasteiger partial charge in [0.15, 0.2) is 24.6 Å². The van der Waals surface area contributed by atoms with Crippen LogP contribution < -0.4 is 25.0 Å². The number of anilines is 2. The first-order valence-electron chi connectivity index (χ1n) is 9.85. The normalized spacial score (nSPS) is 13.9. The molecular formula is C21H22ClF3N3O4+. The Kier molecular flexibility index (Phi) is 7.47. The number of rotatable bonds is 7. The quantitative estimate of drug-likeness (QED) is 0.578. The molecule has 1 atom stereocenters. The summed E-state index contributed by atoms with van der Waals surface area (Å²) in [5, 5.41) is 5.12. The molecule has 0 fully saturated rings. The summed E-state index contributed by atoms with van der Waals surface area (Å²) >= 11 is 5.91. The predicted octanol–water partition coefficient (Wildman–Crippen LogP) is 2.61. The van der Waals surface area contributed by atoms with Gasteiger partial charge in [0.25, 0.3) is 11.8 Å². The number of fused-ring (bicyclic) bond motifs is 1. The summed E-state index contributed by atoms with van der Waals surface area (Å²) < 4.78 is 49.6. The lowest BCUT2D eigenvalue weighted by atomic mass is 10.2. The molecule has 2 aromatic carbocycles. The van der Waals surface area contributed by atoms with Crippen molar-refractivity contribution >= 4 is 34.8 Å². The van der Waals surface area contributed by atoms with E-state index in [1.807, 2.05) is 0 Å². The Morgan fingerprint density at radius 3 is 2.31 bits per heavy atom. The number of quaternary nitrogens is 1. The van der Waals surface area contributed by atoms with Crippen LogP contribution in [0.1, 0.15) is 12.5 Å². The molecule has 0 aliphatic carbocycles. The molecule has 1 unspecified atom stereocenters. The highest BCUT2D eigenvalue weighted by atomic mass is 35.5. The number of halogens is 4. The number of hydrogen-bond donors (Lipinski definition) is 3. The first-order valence-corrected chi connectivity index (χ1v) is 10.2. The molecule has 0 saturated heterocycles. The highest BCUT2D eigenvalue weighted by Gasteiger charge is 2.31. The summed E-state index contributed by atoms with van der Waals surface area (Å²) in [5.41, 5.74) is -0.534. The lowest BCUT2D eigenvalue weighted by molar-refractivity contribution is -0.881. The molecule has 2 amide bonds. The van der Waals surface area contributed by atoms with Gasteiger partial charge in [-0.05, 0) is 37.3 Å². The second-order valence-electron chi connectivity index (χ2n) is 7.10. The molecule has 3 rings (SSSR count). The molecule has 3 N–H and O–H groups in total. The molecule has 2 aromatic rings. The molecule has 7 nitrogen and oxygen atoms in total. The number of benzene rings is 2. The minimum Gasteiger partial charge on any atom is -0.486 e. The molecule has 172 valence electrons. The van der Waals surface area contributed by atoms with Gasteiger partial charge < -0.3 is 25.0 Å². The van der Waals surface area contributed by atoms with Gasteiger partial charge in [-0.1, -0.05) is 11.6 Å². The standard InChI is InChI=1S/C21H21ClF3N3O4/c1-2-28(11-19(29)26-14-4-6-17-18(10-14)32-8-7-31-17)12-20(30)27-16-9-13(21(23,24)25)3-5-15(16)22/h3-6,9-10H,2,7-8,11-12H2,1H3,(H,26,29)(H,27,30)/p+1. The number of hydrogen-bond acceptors (Lipinski definition) is 4. The Bertz CT molecular complexity index is 1000. The number of likely N-dealkylation sites (N-methyl/N-ethyl adjacent to an activating group) is 1. The predicted molar refractivity (Wildman–Crippen MR) is 112 cm³/mol. The van der Waals surface area contributed by atoms with Crippen molar-refractivity contribution in [2.45, 2.75) is 13.1 Å². The van der Waals surface area contributed by atoms with Crippen molar-refractivity contribution in [3.8, 4) is 11.5 Å². The zero-order valence-electron chi connectivity index (χ0n) is 17.1. The van der Waals surface area contributed by atoms with Crippen molar-refractivity contribution in [2.75, 3.05) is 43.5 Å². The summed E-state index contributed by atoms with van der Waals surface area (Å²) in [5.74, 6) is 0.240. The number of carbonyl (C=O) groups is 2. The van der Waals surface area contributed by atoms with Crippen LogP contribution in [0.5, 0.6) is 11.5 Å². The maximum absolute atomic E-state index is 12.9. The van der Waals surface area contributed by atoms with Crippen LogP contribution >= 0.6 is 11.6 Å². The monoisotopic (exact) mass is 472 g/mol. The second kappa shape index (κ2) is 10.1. The summed E-state index contributed by atoms with van der Waals surface area (Å²) in [6, 6.07) is 7.72. The van der Waals surface area contributed by atoms with Crippen LogP contribution in [-0.4, -0.2) is 44.7 Å². The van der Waals surface area contributed by atoms with Crippen LogP contribution in [0.4, 0.5) is 24.5 Å². The van der Waals surface area contributed by atoms with E-state index in [-0.39, 0.29) is 29.7 Å². The molecule has 11 heteroatoms. The minimum atomic E-state index is -4.56. The van der Waals surface area contributed by atoms with Gasteiger partial charge in [-0.3, -0.25) is 9.59 Å². The van der Waals surface area contributed by atoms with Crippen LogP contribution in [-0.2, 0) is 15.8 Å². The third kappa shape index (κ3) is 6.27. The maximum Gasteiger partial charge on any atom is 0.416 e. The Morgan fingerprint density at radius 2 is 1.66 bits per heavy atom. The van der Waals surface area contributed by atoms with Crippen LogP contribution in [0, 0.1) is 0 Å². The first kappa shape index (κ1) is 23.7. The molecule has 0 saturated carbocycles. The number of carbonyl (C=O) groups excluding carboxylic acids is 2. The Labute approximate surface area is 187 Å².